The maximum absolute atomic E-state index is 13.6. The van der Waals surface area contributed by atoms with Crippen molar-refractivity contribution in [1.29, 1.82) is 0 Å². The average Bonchev–Trinajstić information content (AvgIpc) is 3.12. The average molecular weight is 531 g/mol. The van der Waals surface area contributed by atoms with Gasteiger partial charge in [0.05, 0.1) is 6.54 Å². The van der Waals surface area contributed by atoms with E-state index in [1.807, 2.05) is 0 Å². The van der Waals surface area contributed by atoms with Crippen LogP contribution in [0.15, 0.2) is 4.99 Å². The zero-order chi connectivity index (χ0) is 26.5. The standard InChI is InChI=1S/C14H10F17NO/c15-7(16,3-1-2-6-32-4-5-33-6)8(17,18)9(19,20)10(21,22)11(23,24)12(25,26)13(27,28)14(29,30)31/h1-5H2. The molecule has 0 saturated carbocycles. The molecule has 0 aromatic carbocycles. The molecule has 0 bridgehead atoms. The predicted molar refractivity (Wildman–Crippen MR) is 72.8 cm³/mol. The van der Waals surface area contributed by atoms with E-state index in [1.54, 1.807) is 0 Å². The van der Waals surface area contributed by atoms with Crippen LogP contribution in [0.2, 0.25) is 0 Å². The molecule has 0 saturated heterocycles. The molecule has 0 aromatic rings. The molecule has 0 unspecified atom stereocenters. The minimum Gasteiger partial charge on any atom is -0.479 e. The number of hydrogen-bond acceptors (Lipinski definition) is 2. The Labute approximate surface area is 171 Å². The third-order valence-electron chi connectivity index (χ3n) is 4.32. The summed E-state index contributed by atoms with van der Waals surface area (Å²) < 4.78 is 227. The highest BCUT2D eigenvalue weighted by atomic mass is 19.4. The second-order valence-electron chi connectivity index (χ2n) is 6.63. The van der Waals surface area contributed by atoms with Gasteiger partial charge in [-0.05, 0) is 6.42 Å². The zero-order valence-electron chi connectivity index (χ0n) is 15.3. The Bertz CT molecular complexity index is 738. The van der Waals surface area contributed by atoms with Crippen LogP contribution in [0, 0.1) is 0 Å². The minimum atomic E-state index is -8.60. The van der Waals surface area contributed by atoms with Gasteiger partial charge >= 0.3 is 47.6 Å². The van der Waals surface area contributed by atoms with Crippen LogP contribution < -0.4 is 0 Å². The van der Waals surface area contributed by atoms with Crippen molar-refractivity contribution < 1.29 is 79.4 Å². The van der Waals surface area contributed by atoms with E-state index < -0.39 is 66.9 Å². The summed E-state index contributed by atoms with van der Waals surface area (Å²) in [5, 5.41) is 0. The number of alkyl halides is 17. The summed E-state index contributed by atoms with van der Waals surface area (Å²) in [5.41, 5.74) is 0. The summed E-state index contributed by atoms with van der Waals surface area (Å²) in [6.07, 6.45) is -12.3. The van der Waals surface area contributed by atoms with Gasteiger partial charge in [-0.25, -0.2) is 0 Å². The maximum Gasteiger partial charge on any atom is 0.460 e. The third kappa shape index (κ3) is 4.27. The van der Waals surface area contributed by atoms with Gasteiger partial charge in [-0.3, -0.25) is 4.99 Å². The molecule has 0 amide bonds. The Morgan fingerprint density at radius 1 is 0.576 bits per heavy atom. The second-order valence-corrected chi connectivity index (χ2v) is 6.63. The normalized spacial score (nSPS) is 17.8. The smallest absolute Gasteiger partial charge is 0.460 e. The molecule has 1 aliphatic heterocycles. The van der Waals surface area contributed by atoms with Gasteiger partial charge in [0.1, 0.15) is 6.61 Å². The summed E-state index contributed by atoms with van der Waals surface area (Å²) in [6, 6.07) is 0. The van der Waals surface area contributed by atoms with Crippen molar-refractivity contribution in [2.75, 3.05) is 13.2 Å². The van der Waals surface area contributed by atoms with Crippen molar-refractivity contribution in [2.24, 2.45) is 4.99 Å². The Kier molecular flexibility index (Phi) is 7.28. The molecule has 0 spiro atoms. The van der Waals surface area contributed by atoms with Crippen molar-refractivity contribution in [3.05, 3.63) is 0 Å². The quantitative estimate of drug-likeness (QED) is 0.292. The third-order valence-corrected chi connectivity index (χ3v) is 4.32. The molecule has 0 radical (unpaired) electrons. The van der Waals surface area contributed by atoms with Crippen LogP contribution >= 0.6 is 0 Å². The van der Waals surface area contributed by atoms with Crippen LogP contribution in [0.25, 0.3) is 0 Å². The van der Waals surface area contributed by atoms with E-state index in [2.05, 4.69) is 9.73 Å². The summed E-state index contributed by atoms with van der Waals surface area (Å²) >= 11 is 0. The molecule has 1 heterocycles. The van der Waals surface area contributed by atoms with Crippen LogP contribution in [0.5, 0.6) is 0 Å². The molecule has 1 rings (SSSR count). The maximum atomic E-state index is 13.6. The summed E-state index contributed by atoms with van der Waals surface area (Å²) in [7, 11) is 0. The number of halogens is 17. The van der Waals surface area contributed by atoms with Crippen molar-refractivity contribution in [2.45, 2.75) is 66.9 Å². The van der Waals surface area contributed by atoms with Crippen LogP contribution in [0.4, 0.5) is 74.6 Å². The summed E-state index contributed by atoms with van der Waals surface area (Å²) in [6.45, 7) is -0.101. The fourth-order valence-corrected chi connectivity index (χ4v) is 2.35. The van der Waals surface area contributed by atoms with E-state index in [9.17, 15) is 74.6 Å². The van der Waals surface area contributed by atoms with Crippen LogP contribution in [-0.2, 0) is 4.74 Å². The Morgan fingerprint density at radius 2 is 0.970 bits per heavy atom. The van der Waals surface area contributed by atoms with Gasteiger partial charge in [-0.2, -0.15) is 74.6 Å². The lowest BCUT2D eigenvalue weighted by atomic mass is 9.88. The van der Waals surface area contributed by atoms with Crippen molar-refractivity contribution >= 4 is 5.90 Å². The first-order chi connectivity index (χ1) is 14.3. The molecule has 0 aromatic heterocycles. The van der Waals surface area contributed by atoms with E-state index >= 15 is 0 Å². The highest BCUT2D eigenvalue weighted by Gasteiger charge is 2.95. The molecule has 2 nitrogen and oxygen atoms in total. The molecule has 0 N–H and O–H groups in total. The largest absolute Gasteiger partial charge is 0.479 e. The monoisotopic (exact) mass is 531 g/mol. The van der Waals surface area contributed by atoms with Gasteiger partial charge in [-0.1, -0.05) is 0 Å². The number of nitrogens with zero attached hydrogens (tertiary/aromatic N) is 1. The molecule has 0 aliphatic carbocycles. The Balaban J connectivity index is 3.34. The topological polar surface area (TPSA) is 21.6 Å². The van der Waals surface area contributed by atoms with E-state index in [-0.39, 0.29) is 19.0 Å². The molecule has 1 aliphatic rings. The molecule has 19 heteroatoms. The molecular weight excluding hydrogens is 521 g/mol. The van der Waals surface area contributed by atoms with Gasteiger partial charge in [0, 0.05) is 12.8 Å². The van der Waals surface area contributed by atoms with E-state index in [1.165, 1.54) is 0 Å². The number of ether oxygens (including phenoxy) is 1. The summed E-state index contributed by atoms with van der Waals surface area (Å²) in [5.74, 6) is -56.4. The van der Waals surface area contributed by atoms with Gasteiger partial charge in [0.15, 0.2) is 5.90 Å². The first-order valence-corrected chi connectivity index (χ1v) is 8.20. The first-order valence-electron chi connectivity index (χ1n) is 8.20. The van der Waals surface area contributed by atoms with Crippen LogP contribution in [-0.4, -0.2) is 66.7 Å². The Morgan fingerprint density at radius 3 is 1.33 bits per heavy atom. The predicted octanol–water partition coefficient (Wildman–Crippen LogP) is 6.59. The highest BCUT2D eigenvalue weighted by Crippen LogP contribution is 2.64. The lowest BCUT2D eigenvalue weighted by Gasteiger charge is -2.42. The SMILES string of the molecule is FC(F)(F)C(F)(F)C(F)(F)C(F)(F)C(F)(F)C(F)(F)C(F)(F)C(F)(F)CCCC1=NCCO1. The molecule has 0 atom stereocenters. The molecular formula is C14H10F17NO. The van der Waals surface area contributed by atoms with Gasteiger partial charge in [-0.15, -0.1) is 0 Å². The van der Waals surface area contributed by atoms with Crippen LogP contribution in [0.1, 0.15) is 19.3 Å². The minimum absolute atomic E-state index is 0.0158. The fourth-order valence-electron chi connectivity index (χ4n) is 2.35. The lowest BCUT2D eigenvalue weighted by molar-refractivity contribution is -0.461. The second kappa shape index (κ2) is 8.20. The molecule has 196 valence electrons. The van der Waals surface area contributed by atoms with Crippen LogP contribution in [0.3, 0.4) is 0 Å². The number of hydrogen-bond donors (Lipinski definition) is 0. The first kappa shape index (κ1) is 29.3. The summed E-state index contributed by atoms with van der Waals surface area (Å²) in [4.78, 5) is 3.46. The van der Waals surface area contributed by atoms with E-state index in [4.69, 9.17) is 0 Å². The lowest BCUT2D eigenvalue weighted by Crippen LogP contribution is -2.74. The number of aliphatic imine (C=N–C) groups is 1. The van der Waals surface area contributed by atoms with Gasteiger partial charge in [0.2, 0.25) is 0 Å². The molecule has 0 fully saturated rings. The van der Waals surface area contributed by atoms with E-state index in [0.29, 0.717) is 0 Å². The van der Waals surface area contributed by atoms with Crippen molar-refractivity contribution in [3.63, 3.8) is 0 Å². The van der Waals surface area contributed by atoms with Gasteiger partial charge < -0.3 is 4.74 Å². The number of rotatable bonds is 10. The van der Waals surface area contributed by atoms with E-state index in [0.717, 1.165) is 0 Å². The fraction of sp³-hybridized carbons (Fsp3) is 0.929. The van der Waals surface area contributed by atoms with Gasteiger partial charge in [0.25, 0.3) is 0 Å². The van der Waals surface area contributed by atoms with Crippen molar-refractivity contribution in [3.8, 4) is 0 Å². The Hall–Kier alpha value is -1.72. The zero-order valence-corrected chi connectivity index (χ0v) is 15.3. The highest BCUT2D eigenvalue weighted by molar-refractivity contribution is 5.77. The molecule has 33 heavy (non-hydrogen) atoms. The van der Waals surface area contributed by atoms with Crippen molar-refractivity contribution in [1.82, 2.24) is 0 Å².